The van der Waals surface area contributed by atoms with Gasteiger partial charge in [0.1, 0.15) is 5.82 Å². The minimum absolute atomic E-state index is 0.194. The summed E-state index contributed by atoms with van der Waals surface area (Å²) < 4.78 is 0. The van der Waals surface area contributed by atoms with Gasteiger partial charge in [-0.1, -0.05) is 36.4 Å². The normalized spacial score (nSPS) is 20.5. The molecule has 4 rings (SSSR count). The third-order valence-corrected chi connectivity index (χ3v) is 5.80. The summed E-state index contributed by atoms with van der Waals surface area (Å²) in [6.07, 6.45) is 1.95. The number of carboxylic acid groups (broad SMARTS) is 1. The number of benzene rings is 2. The molecule has 146 valence electrons. The number of aromatic nitrogens is 2. The van der Waals surface area contributed by atoms with Crippen molar-refractivity contribution >= 4 is 17.0 Å². The van der Waals surface area contributed by atoms with Crippen molar-refractivity contribution in [2.45, 2.75) is 32.7 Å². The highest BCUT2D eigenvalue weighted by molar-refractivity contribution is 5.75. The van der Waals surface area contributed by atoms with E-state index in [0.29, 0.717) is 0 Å². The number of hydrogen-bond acceptors (Lipinski definition) is 3. The fourth-order valence-electron chi connectivity index (χ4n) is 4.39. The van der Waals surface area contributed by atoms with Crippen LogP contribution in [-0.4, -0.2) is 39.0 Å². The van der Waals surface area contributed by atoms with E-state index in [9.17, 15) is 9.90 Å². The van der Waals surface area contributed by atoms with E-state index in [1.807, 2.05) is 12.1 Å². The zero-order valence-electron chi connectivity index (χ0n) is 16.3. The maximum Gasteiger partial charge on any atom is 0.303 e. The molecule has 5 heteroatoms. The number of hydrogen-bond donors (Lipinski definition) is 2. The maximum atomic E-state index is 11.4. The average molecular weight is 377 g/mol. The highest BCUT2D eigenvalue weighted by atomic mass is 16.4. The first-order chi connectivity index (χ1) is 13.6. The second kappa shape index (κ2) is 8.15. The summed E-state index contributed by atoms with van der Waals surface area (Å²) in [5.41, 5.74) is 4.55. The second-order valence-electron chi connectivity index (χ2n) is 8.04. The lowest BCUT2D eigenvalue weighted by Gasteiger charge is -2.38. The molecule has 1 fully saturated rings. The Balaban J connectivity index is 1.51. The van der Waals surface area contributed by atoms with Gasteiger partial charge in [-0.25, -0.2) is 4.98 Å². The zero-order valence-corrected chi connectivity index (χ0v) is 16.3. The van der Waals surface area contributed by atoms with Crippen LogP contribution in [0.25, 0.3) is 11.0 Å². The molecule has 1 aromatic heterocycles. The molecule has 5 nitrogen and oxygen atoms in total. The van der Waals surface area contributed by atoms with Gasteiger partial charge in [-0.15, -0.1) is 0 Å². The molecule has 2 N–H and O–H groups in total. The summed E-state index contributed by atoms with van der Waals surface area (Å²) in [4.78, 5) is 22.0. The lowest BCUT2D eigenvalue weighted by Crippen LogP contribution is -2.41. The molecule has 0 bridgehead atoms. The standard InChI is InChI=1S/C23H27N3O2/c1-16-7-8-20-21(11-16)25-22(24-20)12-19-15-26(10-9-18(19)13-23(27)28)14-17-5-3-2-4-6-17/h2-8,11,18-19H,9-10,12-15H2,1H3,(H,24,25)(H,27,28). The second-order valence-corrected chi connectivity index (χ2v) is 8.04. The number of piperidine rings is 1. The van der Waals surface area contributed by atoms with Crippen LogP contribution in [0.1, 0.15) is 29.8 Å². The van der Waals surface area contributed by atoms with Crippen molar-refractivity contribution in [2.75, 3.05) is 13.1 Å². The fraction of sp³-hybridized carbons (Fsp3) is 0.391. The number of imidazole rings is 1. The molecule has 0 radical (unpaired) electrons. The van der Waals surface area contributed by atoms with Crippen molar-refractivity contribution in [1.82, 2.24) is 14.9 Å². The molecule has 2 atom stereocenters. The Kier molecular flexibility index (Phi) is 5.44. The monoisotopic (exact) mass is 377 g/mol. The summed E-state index contributed by atoms with van der Waals surface area (Å²) >= 11 is 0. The van der Waals surface area contributed by atoms with Gasteiger partial charge in [-0.3, -0.25) is 9.69 Å². The molecule has 28 heavy (non-hydrogen) atoms. The molecule has 0 aliphatic carbocycles. The smallest absolute Gasteiger partial charge is 0.303 e. The molecular weight excluding hydrogens is 350 g/mol. The van der Waals surface area contributed by atoms with Crippen molar-refractivity contribution in [3.8, 4) is 0 Å². The van der Waals surface area contributed by atoms with E-state index < -0.39 is 5.97 Å². The number of likely N-dealkylation sites (tertiary alicyclic amines) is 1. The minimum atomic E-state index is -0.702. The summed E-state index contributed by atoms with van der Waals surface area (Å²) in [6, 6.07) is 16.7. The molecular formula is C23H27N3O2. The minimum Gasteiger partial charge on any atom is -0.481 e. The van der Waals surface area contributed by atoms with Gasteiger partial charge < -0.3 is 10.1 Å². The van der Waals surface area contributed by atoms with Crippen LogP contribution < -0.4 is 0 Å². The first kappa shape index (κ1) is 18.7. The maximum absolute atomic E-state index is 11.4. The van der Waals surface area contributed by atoms with Crippen LogP contribution in [0.5, 0.6) is 0 Å². The van der Waals surface area contributed by atoms with Gasteiger partial charge in [-0.2, -0.15) is 0 Å². The van der Waals surface area contributed by atoms with E-state index in [2.05, 4.69) is 53.2 Å². The van der Waals surface area contributed by atoms with Crippen molar-refractivity contribution < 1.29 is 9.90 Å². The average Bonchev–Trinajstić information content (AvgIpc) is 3.06. The summed E-state index contributed by atoms with van der Waals surface area (Å²) in [7, 11) is 0. The Morgan fingerprint density at radius 2 is 2.04 bits per heavy atom. The Morgan fingerprint density at radius 3 is 2.82 bits per heavy atom. The predicted octanol–water partition coefficient (Wildman–Crippen LogP) is 4.03. The van der Waals surface area contributed by atoms with Crippen LogP contribution in [0.15, 0.2) is 48.5 Å². The lowest BCUT2D eigenvalue weighted by atomic mass is 9.81. The molecule has 2 aromatic carbocycles. The summed E-state index contributed by atoms with van der Waals surface area (Å²) in [6.45, 7) is 4.84. The van der Waals surface area contributed by atoms with E-state index in [0.717, 1.165) is 49.3 Å². The molecule has 2 heterocycles. The van der Waals surface area contributed by atoms with Gasteiger partial charge in [0.25, 0.3) is 0 Å². The topological polar surface area (TPSA) is 69.2 Å². The lowest BCUT2D eigenvalue weighted by molar-refractivity contribution is -0.139. The molecule has 0 saturated carbocycles. The van der Waals surface area contributed by atoms with Gasteiger partial charge in [0.05, 0.1) is 11.0 Å². The fourth-order valence-corrected chi connectivity index (χ4v) is 4.39. The van der Waals surface area contributed by atoms with Crippen molar-refractivity contribution in [3.63, 3.8) is 0 Å². The largest absolute Gasteiger partial charge is 0.481 e. The molecule has 2 unspecified atom stereocenters. The summed E-state index contributed by atoms with van der Waals surface area (Å²) in [5, 5.41) is 9.36. The van der Waals surface area contributed by atoms with Crippen molar-refractivity contribution in [1.29, 1.82) is 0 Å². The Labute approximate surface area is 165 Å². The van der Waals surface area contributed by atoms with Gasteiger partial charge in [0.2, 0.25) is 0 Å². The predicted molar refractivity (Wildman–Crippen MR) is 110 cm³/mol. The highest BCUT2D eigenvalue weighted by Crippen LogP contribution is 2.30. The first-order valence-corrected chi connectivity index (χ1v) is 10.00. The molecule has 0 amide bonds. The molecule has 3 aromatic rings. The van der Waals surface area contributed by atoms with Crippen molar-refractivity contribution in [2.24, 2.45) is 11.8 Å². The van der Waals surface area contributed by atoms with Crippen LogP contribution in [0, 0.1) is 18.8 Å². The first-order valence-electron chi connectivity index (χ1n) is 10.00. The number of aryl methyl sites for hydroxylation is 1. The van der Waals surface area contributed by atoms with Crippen LogP contribution in [-0.2, 0) is 17.8 Å². The third kappa shape index (κ3) is 4.42. The Morgan fingerprint density at radius 1 is 1.21 bits per heavy atom. The summed E-state index contributed by atoms with van der Waals surface area (Å²) in [5.74, 6) is 0.740. The van der Waals surface area contributed by atoms with Gasteiger partial charge in [0.15, 0.2) is 0 Å². The van der Waals surface area contributed by atoms with Crippen LogP contribution >= 0.6 is 0 Å². The van der Waals surface area contributed by atoms with E-state index in [-0.39, 0.29) is 18.3 Å². The van der Waals surface area contributed by atoms with E-state index in [1.165, 1.54) is 11.1 Å². The molecule has 0 spiro atoms. The highest BCUT2D eigenvalue weighted by Gasteiger charge is 2.31. The number of fused-ring (bicyclic) bond motifs is 1. The number of carbonyl (C=O) groups is 1. The molecule has 1 saturated heterocycles. The van der Waals surface area contributed by atoms with Gasteiger partial charge in [-0.05, 0) is 55.0 Å². The number of aliphatic carboxylic acids is 1. The quantitative estimate of drug-likeness (QED) is 0.681. The van der Waals surface area contributed by atoms with E-state index in [4.69, 9.17) is 4.98 Å². The number of nitrogens with zero attached hydrogens (tertiary/aromatic N) is 2. The SMILES string of the molecule is Cc1ccc2nc(CC3CN(Cc4ccccc4)CCC3CC(=O)O)[nH]c2c1. The van der Waals surface area contributed by atoms with Gasteiger partial charge >= 0.3 is 5.97 Å². The van der Waals surface area contributed by atoms with E-state index in [1.54, 1.807) is 0 Å². The number of H-pyrrole nitrogens is 1. The number of aromatic amines is 1. The third-order valence-electron chi connectivity index (χ3n) is 5.80. The number of carboxylic acids is 1. The Bertz CT molecular complexity index is 951. The van der Waals surface area contributed by atoms with E-state index >= 15 is 0 Å². The molecule has 1 aliphatic heterocycles. The Hall–Kier alpha value is -2.66. The number of nitrogens with one attached hydrogen (secondary N) is 1. The van der Waals surface area contributed by atoms with Crippen LogP contribution in [0.2, 0.25) is 0 Å². The van der Waals surface area contributed by atoms with Crippen molar-refractivity contribution in [3.05, 3.63) is 65.5 Å². The van der Waals surface area contributed by atoms with Crippen LogP contribution in [0.4, 0.5) is 0 Å². The molecule has 1 aliphatic rings. The zero-order chi connectivity index (χ0) is 19.5. The number of rotatable bonds is 6. The van der Waals surface area contributed by atoms with Crippen LogP contribution in [0.3, 0.4) is 0 Å². The van der Waals surface area contributed by atoms with Gasteiger partial charge in [0, 0.05) is 25.9 Å².